The van der Waals surface area contributed by atoms with Gasteiger partial charge in [-0.05, 0) is 31.5 Å². The molecule has 2 heterocycles. The van der Waals surface area contributed by atoms with Gasteiger partial charge in [0.1, 0.15) is 5.69 Å². The Morgan fingerprint density at radius 3 is 2.63 bits per heavy atom. The maximum Gasteiger partial charge on any atom is 0.189 e. The third-order valence-electron chi connectivity index (χ3n) is 2.85. The van der Waals surface area contributed by atoms with Crippen LogP contribution in [-0.2, 0) is 6.42 Å². The standard InChI is InChI=1S/C14H17N3O2/c1-10(2)17-14(13(19-3)9-16-17)12(18)8-11-4-6-15-7-5-11/h4-7,9-10H,8H2,1-3H3. The summed E-state index contributed by atoms with van der Waals surface area (Å²) in [4.78, 5) is 16.4. The van der Waals surface area contributed by atoms with Crippen LogP contribution in [0, 0.1) is 0 Å². The molecular formula is C14H17N3O2. The maximum atomic E-state index is 12.4. The highest BCUT2D eigenvalue weighted by Gasteiger charge is 2.20. The number of carbonyl (C=O) groups excluding carboxylic acids is 1. The Morgan fingerprint density at radius 2 is 2.05 bits per heavy atom. The smallest absolute Gasteiger partial charge is 0.189 e. The first kappa shape index (κ1) is 13.3. The predicted octanol–water partition coefficient (Wildman–Crippen LogP) is 2.29. The lowest BCUT2D eigenvalue weighted by Gasteiger charge is -2.11. The van der Waals surface area contributed by atoms with Crippen LogP contribution in [0.1, 0.15) is 35.9 Å². The van der Waals surface area contributed by atoms with Gasteiger partial charge in [0.15, 0.2) is 11.5 Å². The van der Waals surface area contributed by atoms with Crippen molar-refractivity contribution in [3.63, 3.8) is 0 Å². The lowest BCUT2D eigenvalue weighted by molar-refractivity contribution is 0.0977. The first-order valence-electron chi connectivity index (χ1n) is 6.17. The minimum absolute atomic E-state index is 0.00532. The molecule has 2 rings (SSSR count). The summed E-state index contributed by atoms with van der Waals surface area (Å²) in [5.74, 6) is 0.516. The third-order valence-corrected chi connectivity index (χ3v) is 2.85. The highest BCUT2D eigenvalue weighted by Crippen LogP contribution is 2.22. The molecule has 5 nitrogen and oxygen atoms in total. The lowest BCUT2D eigenvalue weighted by Crippen LogP contribution is -2.15. The van der Waals surface area contributed by atoms with Crippen molar-refractivity contribution in [1.29, 1.82) is 0 Å². The fraction of sp³-hybridized carbons (Fsp3) is 0.357. The van der Waals surface area contributed by atoms with Gasteiger partial charge in [-0.2, -0.15) is 5.10 Å². The van der Waals surface area contributed by atoms with Gasteiger partial charge >= 0.3 is 0 Å². The number of aromatic nitrogens is 3. The second-order valence-corrected chi connectivity index (χ2v) is 4.56. The molecule has 0 aliphatic carbocycles. The second kappa shape index (κ2) is 5.65. The molecule has 0 bridgehead atoms. The molecule has 0 N–H and O–H groups in total. The SMILES string of the molecule is COc1cnn(C(C)C)c1C(=O)Cc1ccncc1. The van der Waals surface area contributed by atoms with Crippen molar-refractivity contribution in [2.45, 2.75) is 26.3 Å². The molecule has 2 aromatic heterocycles. The topological polar surface area (TPSA) is 57.0 Å². The summed E-state index contributed by atoms with van der Waals surface area (Å²) in [6.07, 6.45) is 5.26. The zero-order valence-electron chi connectivity index (χ0n) is 11.3. The first-order chi connectivity index (χ1) is 9.13. The Kier molecular flexibility index (Phi) is 3.94. The van der Waals surface area contributed by atoms with E-state index in [1.165, 1.54) is 0 Å². The molecule has 2 aromatic rings. The van der Waals surface area contributed by atoms with Gasteiger partial charge < -0.3 is 4.74 Å². The van der Waals surface area contributed by atoms with Crippen molar-refractivity contribution in [1.82, 2.24) is 14.8 Å². The van der Waals surface area contributed by atoms with E-state index in [0.717, 1.165) is 5.56 Å². The molecule has 0 saturated heterocycles. The number of ketones is 1. The van der Waals surface area contributed by atoms with Crippen LogP contribution in [0.4, 0.5) is 0 Å². The fourth-order valence-corrected chi connectivity index (χ4v) is 1.92. The van der Waals surface area contributed by atoms with Crippen LogP contribution in [0.2, 0.25) is 0 Å². The highest BCUT2D eigenvalue weighted by molar-refractivity contribution is 5.98. The predicted molar refractivity (Wildman–Crippen MR) is 71.4 cm³/mol. The first-order valence-corrected chi connectivity index (χ1v) is 6.17. The van der Waals surface area contributed by atoms with E-state index in [0.29, 0.717) is 17.9 Å². The van der Waals surface area contributed by atoms with Crippen LogP contribution in [-0.4, -0.2) is 27.7 Å². The quantitative estimate of drug-likeness (QED) is 0.773. The number of ether oxygens (including phenoxy) is 1. The van der Waals surface area contributed by atoms with Crippen LogP contribution >= 0.6 is 0 Å². The summed E-state index contributed by atoms with van der Waals surface area (Å²) >= 11 is 0. The van der Waals surface area contributed by atoms with Crippen LogP contribution in [0.5, 0.6) is 5.75 Å². The third kappa shape index (κ3) is 2.81. The van der Waals surface area contributed by atoms with E-state index in [2.05, 4.69) is 10.1 Å². The molecule has 0 unspecified atom stereocenters. The average molecular weight is 259 g/mol. The van der Waals surface area contributed by atoms with Gasteiger partial charge in [0.25, 0.3) is 0 Å². The summed E-state index contributed by atoms with van der Waals surface area (Å²) < 4.78 is 6.92. The van der Waals surface area contributed by atoms with E-state index in [1.54, 1.807) is 30.4 Å². The van der Waals surface area contributed by atoms with E-state index >= 15 is 0 Å². The Balaban J connectivity index is 2.30. The van der Waals surface area contributed by atoms with Gasteiger partial charge in [0, 0.05) is 24.9 Å². The van der Waals surface area contributed by atoms with Gasteiger partial charge in [-0.15, -0.1) is 0 Å². The zero-order chi connectivity index (χ0) is 13.8. The van der Waals surface area contributed by atoms with Crippen molar-refractivity contribution >= 4 is 5.78 Å². The van der Waals surface area contributed by atoms with Crippen LogP contribution in [0.3, 0.4) is 0 Å². The minimum atomic E-state index is -0.00532. The van der Waals surface area contributed by atoms with Crippen molar-refractivity contribution < 1.29 is 9.53 Å². The number of nitrogens with zero attached hydrogens (tertiary/aromatic N) is 3. The minimum Gasteiger partial charge on any atom is -0.493 e. The van der Waals surface area contributed by atoms with Gasteiger partial charge in [-0.1, -0.05) is 0 Å². The molecule has 0 radical (unpaired) electrons. The lowest BCUT2D eigenvalue weighted by atomic mass is 10.1. The Morgan fingerprint density at radius 1 is 1.37 bits per heavy atom. The van der Waals surface area contributed by atoms with E-state index < -0.39 is 0 Å². The summed E-state index contributed by atoms with van der Waals surface area (Å²) in [6.45, 7) is 3.96. The highest BCUT2D eigenvalue weighted by atomic mass is 16.5. The normalized spacial score (nSPS) is 10.7. The van der Waals surface area contributed by atoms with Gasteiger partial charge in [-0.3, -0.25) is 14.5 Å². The van der Waals surface area contributed by atoms with Gasteiger partial charge in [-0.25, -0.2) is 0 Å². The monoisotopic (exact) mass is 259 g/mol. The van der Waals surface area contributed by atoms with Gasteiger partial charge in [0.2, 0.25) is 0 Å². The van der Waals surface area contributed by atoms with Crippen molar-refractivity contribution in [2.24, 2.45) is 0 Å². The number of rotatable bonds is 5. The summed E-state index contributed by atoms with van der Waals surface area (Å²) in [5, 5.41) is 4.21. The van der Waals surface area contributed by atoms with E-state index in [4.69, 9.17) is 4.74 Å². The van der Waals surface area contributed by atoms with Crippen molar-refractivity contribution in [3.05, 3.63) is 42.0 Å². The van der Waals surface area contributed by atoms with Crippen molar-refractivity contribution in [3.8, 4) is 5.75 Å². The molecule has 19 heavy (non-hydrogen) atoms. The molecule has 0 fully saturated rings. The average Bonchev–Trinajstić information content (AvgIpc) is 2.83. The number of methoxy groups -OCH3 is 1. The Hall–Kier alpha value is -2.17. The van der Waals surface area contributed by atoms with Crippen LogP contribution in [0.15, 0.2) is 30.7 Å². The van der Waals surface area contributed by atoms with Crippen molar-refractivity contribution in [2.75, 3.05) is 7.11 Å². The Labute approximate surface area is 112 Å². The Bertz CT molecular complexity index is 561. The van der Waals surface area contributed by atoms with E-state index in [1.807, 2.05) is 26.0 Å². The molecule has 0 amide bonds. The molecular weight excluding hydrogens is 242 g/mol. The fourth-order valence-electron chi connectivity index (χ4n) is 1.92. The molecule has 0 aliphatic heterocycles. The molecule has 0 saturated carbocycles. The number of carbonyl (C=O) groups is 1. The van der Waals surface area contributed by atoms with Gasteiger partial charge in [0.05, 0.1) is 13.3 Å². The summed E-state index contributed by atoms with van der Waals surface area (Å²) in [6, 6.07) is 3.78. The maximum absolute atomic E-state index is 12.4. The zero-order valence-corrected chi connectivity index (χ0v) is 11.3. The van der Waals surface area contributed by atoms with Crippen LogP contribution < -0.4 is 4.74 Å². The number of hydrogen-bond donors (Lipinski definition) is 0. The van der Waals surface area contributed by atoms with E-state index in [-0.39, 0.29) is 11.8 Å². The molecule has 0 aromatic carbocycles. The number of hydrogen-bond acceptors (Lipinski definition) is 4. The largest absolute Gasteiger partial charge is 0.493 e. The van der Waals surface area contributed by atoms with Crippen LogP contribution in [0.25, 0.3) is 0 Å². The molecule has 100 valence electrons. The van der Waals surface area contributed by atoms with E-state index in [9.17, 15) is 4.79 Å². The second-order valence-electron chi connectivity index (χ2n) is 4.56. The number of pyridine rings is 1. The molecule has 0 atom stereocenters. The number of Topliss-reactive ketones (excluding diaryl/α,β-unsaturated/α-hetero) is 1. The summed E-state index contributed by atoms with van der Waals surface area (Å²) in [7, 11) is 1.55. The molecule has 0 aliphatic rings. The molecule has 0 spiro atoms. The molecule has 5 heteroatoms. The summed E-state index contributed by atoms with van der Waals surface area (Å²) in [5.41, 5.74) is 1.45.